The van der Waals surface area contributed by atoms with Crippen LogP contribution < -0.4 is 33.2 Å². The van der Waals surface area contributed by atoms with Crippen LogP contribution >= 0.6 is 0 Å². The van der Waals surface area contributed by atoms with Crippen LogP contribution in [0.1, 0.15) is 31.0 Å². The Hall–Kier alpha value is -4.46. The number of guanidine groups is 1. The standard InChI is InChI=1S/C24H35N9O5/c1-14(31-21(35)17(25)11-16-12-28-13-30-16)20(34)32-18(8-5-9-29-24(26)27)22(36)33-19(23(37)38)10-15-6-3-2-4-7-15/h2-4,6-7,12-14,17-19H,5,8-11,25H2,1H3,(H,28,30)(H,31,35)(H,32,34)(H,33,36)(H,37,38)(H4,26,27,29). The fourth-order valence-corrected chi connectivity index (χ4v) is 3.50. The van der Waals surface area contributed by atoms with Crippen molar-refractivity contribution in [1.82, 2.24) is 25.9 Å². The van der Waals surface area contributed by atoms with Crippen molar-refractivity contribution >= 4 is 29.7 Å². The number of hydrogen-bond donors (Lipinski definition) is 8. The number of nitrogens with two attached hydrogens (primary N) is 3. The van der Waals surface area contributed by atoms with Crippen LogP contribution in [0.4, 0.5) is 0 Å². The van der Waals surface area contributed by atoms with Gasteiger partial charge in [-0.3, -0.25) is 19.4 Å². The minimum Gasteiger partial charge on any atom is -0.480 e. The van der Waals surface area contributed by atoms with Crippen LogP contribution in [0.5, 0.6) is 0 Å². The molecule has 2 aromatic rings. The van der Waals surface area contributed by atoms with Gasteiger partial charge in [-0.2, -0.15) is 0 Å². The van der Waals surface area contributed by atoms with Gasteiger partial charge >= 0.3 is 5.97 Å². The third-order valence-electron chi connectivity index (χ3n) is 5.56. The molecule has 0 fully saturated rings. The minimum atomic E-state index is -1.22. The second kappa shape index (κ2) is 14.9. The van der Waals surface area contributed by atoms with Gasteiger partial charge in [0.05, 0.1) is 12.4 Å². The Morgan fingerprint density at radius 2 is 1.68 bits per heavy atom. The molecule has 1 heterocycles. The Bertz CT molecular complexity index is 1090. The van der Waals surface area contributed by atoms with E-state index in [0.29, 0.717) is 12.1 Å². The fourth-order valence-electron chi connectivity index (χ4n) is 3.50. The molecule has 11 N–H and O–H groups in total. The Balaban J connectivity index is 2.03. The van der Waals surface area contributed by atoms with Crippen LogP contribution in [0.2, 0.25) is 0 Å². The summed E-state index contributed by atoms with van der Waals surface area (Å²) >= 11 is 0. The van der Waals surface area contributed by atoms with E-state index >= 15 is 0 Å². The van der Waals surface area contributed by atoms with E-state index in [1.165, 1.54) is 19.4 Å². The van der Waals surface area contributed by atoms with Crippen LogP contribution in [0.15, 0.2) is 47.8 Å². The van der Waals surface area contributed by atoms with Crippen molar-refractivity contribution in [3.63, 3.8) is 0 Å². The number of carboxylic acids is 1. The predicted octanol–water partition coefficient (Wildman–Crippen LogP) is -1.87. The topological polar surface area (TPSA) is 244 Å². The molecule has 3 amide bonds. The molecule has 0 aliphatic heterocycles. The zero-order valence-electron chi connectivity index (χ0n) is 21.1. The Labute approximate surface area is 219 Å². The molecule has 2 rings (SSSR count). The van der Waals surface area contributed by atoms with Crippen LogP contribution in [0.25, 0.3) is 0 Å². The molecule has 206 valence electrons. The number of aromatic amines is 1. The van der Waals surface area contributed by atoms with Gasteiger partial charge < -0.3 is 43.2 Å². The molecular formula is C24H35N9O5. The van der Waals surface area contributed by atoms with Gasteiger partial charge in [-0.05, 0) is 25.3 Å². The summed E-state index contributed by atoms with van der Waals surface area (Å²) in [6.45, 7) is 1.64. The largest absolute Gasteiger partial charge is 0.480 e. The number of aliphatic imine (C=N–C) groups is 1. The summed E-state index contributed by atoms with van der Waals surface area (Å²) in [6.07, 6.45) is 3.68. The average molecular weight is 530 g/mol. The van der Waals surface area contributed by atoms with Gasteiger partial charge in [-0.1, -0.05) is 30.3 Å². The van der Waals surface area contributed by atoms with Crippen LogP contribution in [0, 0.1) is 0 Å². The number of carboxylic acid groups (broad SMARTS) is 1. The van der Waals surface area contributed by atoms with Crippen molar-refractivity contribution < 1.29 is 24.3 Å². The van der Waals surface area contributed by atoms with Gasteiger partial charge in [0, 0.05) is 31.3 Å². The number of imidazole rings is 1. The number of amides is 3. The lowest BCUT2D eigenvalue weighted by Crippen LogP contribution is -2.56. The van der Waals surface area contributed by atoms with E-state index in [-0.39, 0.29) is 31.8 Å². The van der Waals surface area contributed by atoms with Gasteiger partial charge in [0.2, 0.25) is 17.7 Å². The zero-order valence-corrected chi connectivity index (χ0v) is 21.1. The number of nitrogens with one attached hydrogen (secondary N) is 4. The van der Waals surface area contributed by atoms with Crippen molar-refractivity contribution in [3.05, 3.63) is 54.1 Å². The lowest BCUT2D eigenvalue weighted by atomic mass is 10.0. The highest BCUT2D eigenvalue weighted by Gasteiger charge is 2.29. The van der Waals surface area contributed by atoms with E-state index < -0.39 is 47.9 Å². The van der Waals surface area contributed by atoms with Gasteiger partial charge in [-0.15, -0.1) is 0 Å². The molecule has 0 aliphatic carbocycles. The van der Waals surface area contributed by atoms with E-state index in [2.05, 4.69) is 30.9 Å². The summed E-state index contributed by atoms with van der Waals surface area (Å²) in [7, 11) is 0. The van der Waals surface area contributed by atoms with Gasteiger partial charge in [0.25, 0.3) is 0 Å². The maximum absolute atomic E-state index is 13.1. The molecule has 1 aromatic carbocycles. The van der Waals surface area contributed by atoms with Crippen LogP contribution in [-0.4, -0.2) is 75.4 Å². The number of aliphatic carboxylic acids is 1. The lowest BCUT2D eigenvalue weighted by molar-refractivity contribution is -0.142. The summed E-state index contributed by atoms with van der Waals surface area (Å²) in [5.41, 5.74) is 18.0. The Kier molecular flexibility index (Phi) is 11.7. The molecule has 0 aliphatic rings. The molecular weight excluding hydrogens is 494 g/mol. The molecule has 0 spiro atoms. The molecule has 1 aromatic heterocycles. The van der Waals surface area contributed by atoms with Crippen LogP contribution in [-0.2, 0) is 32.0 Å². The van der Waals surface area contributed by atoms with Crippen molar-refractivity contribution in [1.29, 1.82) is 0 Å². The second-order valence-corrected chi connectivity index (χ2v) is 8.72. The number of rotatable bonds is 15. The third-order valence-corrected chi connectivity index (χ3v) is 5.56. The zero-order chi connectivity index (χ0) is 28.1. The molecule has 0 bridgehead atoms. The third kappa shape index (κ3) is 10.3. The Morgan fingerprint density at radius 3 is 2.29 bits per heavy atom. The predicted molar refractivity (Wildman–Crippen MR) is 139 cm³/mol. The molecule has 14 heteroatoms. The highest BCUT2D eigenvalue weighted by Crippen LogP contribution is 2.06. The SMILES string of the molecule is CC(NC(=O)C(N)Cc1cnc[nH]1)C(=O)NC(CCCN=C(N)N)C(=O)NC(Cc1ccccc1)C(=O)O. The average Bonchev–Trinajstić information content (AvgIpc) is 3.38. The van der Waals surface area contributed by atoms with Gasteiger partial charge in [-0.25, -0.2) is 9.78 Å². The van der Waals surface area contributed by atoms with Crippen molar-refractivity contribution in [2.24, 2.45) is 22.2 Å². The minimum absolute atomic E-state index is 0.0528. The first-order chi connectivity index (χ1) is 18.1. The molecule has 0 saturated carbocycles. The normalized spacial score (nSPS) is 13.8. The molecule has 4 atom stereocenters. The first kappa shape index (κ1) is 29.8. The first-order valence-corrected chi connectivity index (χ1v) is 12.0. The Morgan fingerprint density at radius 1 is 1.00 bits per heavy atom. The summed E-state index contributed by atoms with van der Waals surface area (Å²) in [5.74, 6) is -3.25. The van der Waals surface area contributed by atoms with Crippen LogP contribution in [0.3, 0.4) is 0 Å². The quantitative estimate of drug-likeness (QED) is 0.0731. The number of carbonyl (C=O) groups excluding carboxylic acids is 3. The fraction of sp³-hybridized carbons (Fsp3) is 0.417. The summed E-state index contributed by atoms with van der Waals surface area (Å²) < 4.78 is 0. The molecule has 0 radical (unpaired) electrons. The van der Waals surface area contributed by atoms with E-state index in [1.807, 2.05) is 0 Å². The smallest absolute Gasteiger partial charge is 0.326 e. The summed E-state index contributed by atoms with van der Waals surface area (Å²) in [4.78, 5) is 60.7. The molecule has 4 unspecified atom stereocenters. The summed E-state index contributed by atoms with van der Waals surface area (Å²) in [6, 6.07) is 4.53. The van der Waals surface area contributed by atoms with E-state index in [9.17, 15) is 24.3 Å². The number of nitrogens with zero attached hydrogens (tertiary/aromatic N) is 2. The molecule has 0 saturated heterocycles. The number of hydrogen-bond acceptors (Lipinski definition) is 7. The van der Waals surface area contributed by atoms with E-state index in [4.69, 9.17) is 17.2 Å². The van der Waals surface area contributed by atoms with Crippen molar-refractivity contribution in [3.8, 4) is 0 Å². The van der Waals surface area contributed by atoms with Gasteiger partial charge in [0.1, 0.15) is 18.1 Å². The van der Waals surface area contributed by atoms with Crippen molar-refractivity contribution in [2.45, 2.75) is 56.8 Å². The highest BCUT2D eigenvalue weighted by molar-refractivity contribution is 5.94. The van der Waals surface area contributed by atoms with E-state index in [1.54, 1.807) is 30.3 Å². The molecule has 14 nitrogen and oxygen atoms in total. The second-order valence-electron chi connectivity index (χ2n) is 8.72. The van der Waals surface area contributed by atoms with Gasteiger partial charge in [0.15, 0.2) is 5.96 Å². The number of carbonyl (C=O) groups is 4. The lowest BCUT2D eigenvalue weighted by Gasteiger charge is -2.24. The van der Waals surface area contributed by atoms with Crippen molar-refractivity contribution in [2.75, 3.05) is 6.54 Å². The number of aromatic nitrogens is 2. The van der Waals surface area contributed by atoms with E-state index in [0.717, 1.165) is 5.56 Å². The number of benzene rings is 1. The maximum atomic E-state index is 13.1. The number of H-pyrrole nitrogens is 1. The maximum Gasteiger partial charge on any atom is 0.326 e. The highest BCUT2D eigenvalue weighted by atomic mass is 16.4. The summed E-state index contributed by atoms with van der Waals surface area (Å²) in [5, 5.41) is 17.2. The first-order valence-electron chi connectivity index (χ1n) is 12.0. The monoisotopic (exact) mass is 529 g/mol. The molecule has 38 heavy (non-hydrogen) atoms.